The summed E-state index contributed by atoms with van der Waals surface area (Å²) in [5.41, 5.74) is -0.454. The van der Waals surface area contributed by atoms with Crippen molar-refractivity contribution in [2.45, 2.75) is 37.7 Å². The van der Waals surface area contributed by atoms with Gasteiger partial charge in [-0.05, 0) is 67.3 Å². The highest BCUT2D eigenvalue weighted by atomic mass is 79.9. The van der Waals surface area contributed by atoms with Gasteiger partial charge in [0, 0.05) is 24.9 Å². The van der Waals surface area contributed by atoms with Gasteiger partial charge in [0.2, 0.25) is 5.69 Å². The molecule has 0 saturated carbocycles. The van der Waals surface area contributed by atoms with Gasteiger partial charge in [-0.25, -0.2) is 31.6 Å². The number of hydrogen-bond donors (Lipinski definition) is 2. The van der Waals surface area contributed by atoms with Crippen LogP contribution in [0.15, 0.2) is 121 Å². The quantitative estimate of drug-likeness (QED) is 0.0828. The summed E-state index contributed by atoms with van der Waals surface area (Å²) in [4.78, 5) is 13.1. The molecule has 1 unspecified atom stereocenters. The van der Waals surface area contributed by atoms with E-state index in [1.165, 1.54) is 25.1 Å². The Morgan fingerprint density at radius 1 is 0.843 bits per heavy atom. The standard InChI is InChI=1S/C7H6BrF.C7H4FN.C7H5FO2.C7H7FO.C7H7F.C4H7BO/c8-5-6-3-1-2-4-7(6)9;1-9-7-5-3-2-4-6(7)8;8-6-4-2-1-3-5(6)7(9)10;8-7-4-2-1-3-6(7)5-9;1-6-4-2-3-5-7(6)8;5-4-2-1-3-6-4/h1-4H,5H2;2-5H;1-4H,(H,9,10);1-4,9H,5H2;2-5H,1H3;4H,1-3H2/i2D,3D;2D,5D;2*2D,3D;3D,4D;. The van der Waals surface area contributed by atoms with Gasteiger partial charge in [-0.3, -0.25) is 0 Å². The van der Waals surface area contributed by atoms with Crippen LogP contribution in [-0.4, -0.2) is 36.6 Å². The molecule has 5 aromatic rings. The maximum absolute atomic E-state index is 12.8. The van der Waals surface area contributed by atoms with Crippen LogP contribution in [0.25, 0.3) is 4.85 Å². The van der Waals surface area contributed by atoms with E-state index in [4.69, 9.17) is 43.1 Å². The first-order valence-corrected chi connectivity index (χ1v) is 15.5. The first-order chi connectivity index (χ1) is 28.5. The van der Waals surface area contributed by atoms with Crippen molar-refractivity contribution in [3.8, 4) is 0 Å². The van der Waals surface area contributed by atoms with Gasteiger partial charge in [-0.1, -0.05) is 101 Å². The molecule has 12 heteroatoms. The molecule has 0 bridgehead atoms. The zero-order valence-electron chi connectivity index (χ0n) is 36.9. The van der Waals surface area contributed by atoms with E-state index in [2.05, 4.69) is 20.8 Å². The first-order valence-electron chi connectivity index (χ1n) is 19.4. The van der Waals surface area contributed by atoms with Crippen molar-refractivity contribution in [1.82, 2.24) is 0 Å². The number of alkyl halides is 1. The third-order valence-electron chi connectivity index (χ3n) is 5.66. The van der Waals surface area contributed by atoms with Gasteiger partial charge in [0.25, 0.3) is 0 Å². The summed E-state index contributed by atoms with van der Waals surface area (Å²) < 4.78 is 139. The number of carboxylic acids is 1. The van der Waals surface area contributed by atoms with E-state index in [1.54, 1.807) is 0 Å². The Labute approximate surface area is 318 Å². The number of aliphatic hydroxyl groups excluding tert-OH is 1. The van der Waals surface area contributed by atoms with E-state index in [1.807, 2.05) is 0 Å². The minimum atomic E-state index is -1.49. The summed E-state index contributed by atoms with van der Waals surface area (Å²) in [6.07, 6.45) is 2.18. The van der Waals surface area contributed by atoms with Crippen LogP contribution in [0.3, 0.4) is 0 Å². The lowest BCUT2D eigenvalue weighted by Crippen LogP contribution is -2.01. The molecule has 1 saturated heterocycles. The number of aliphatic hydroxyl groups is 1. The summed E-state index contributed by atoms with van der Waals surface area (Å²) >= 11 is 3.06. The highest BCUT2D eigenvalue weighted by molar-refractivity contribution is 9.08. The van der Waals surface area contributed by atoms with Gasteiger partial charge in [-0.2, -0.15) is 0 Å². The van der Waals surface area contributed by atoms with Crippen LogP contribution in [0.2, 0.25) is 0 Å². The van der Waals surface area contributed by atoms with Crippen LogP contribution >= 0.6 is 15.9 Å². The minimum absolute atomic E-state index is 0.0391. The third-order valence-corrected chi connectivity index (χ3v) is 6.22. The summed E-state index contributed by atoms with van der Waals surface area (Å²) in [6, 6.07) is 9.93. The van der Waals surface area contributed by atoms with E-state index < -0.39 is 53.3 Å². The Bertz CT molecular complexity index is 2150. The molecule has 0 aromatic heterocycles. The second-order valence-electron chi connectivity index (χ2n) is 9.30. The van der Waals surface area contributed by atoms with Crippen molar-refractivity contribution >= 4 is 35.4 Å². The number of aromatic carboxylic acids is 1. The Balaban J connectivity index is 0.000000369. The number of halogens is 6. The maximum Gasteiger partial charge on any atom is 0.338 e. The van der Waals surface area contributed by atoms with Crippen molar-refractivity contribution in [2.24, 2.45) is 0 Å². The fourth-order valence-electron chi connectivity index (χ4n) is 3.05. The average molecular weight is 778 g/mol. The van der Waals surface area contributed by atoms with E-state index in [0.29, 0.717) is 16.5 Å². The van der Waals surface area contributed by atoms with Crippen molar-refractivity contribution in [1.29, 1.82) is 0 Å². The number of benzene rings is 5. The van der Waals surface area contributed by atoms with E-state index >= 15 is 0 Å². The third kappa shape index (κ3) is 18.7. The number of carbonyl (C=O) groups is 1. The van der Waals surface area contributed by atoms with Crippen LogP contribution in [-0.2, 0) is 16.7 Å². The maximum atomic E-state index is 12.8. The van der Waals surface area contributed by atoms with Gasteiger partial charge in [0.05, 0.1) is 31.1 Å². The largest absolute Gasteiger partial charge is 0.478 e. The van der Waals surface area contributed by atoms with E-state index in [0.717, 1.165) is 61.9 Å². The molecule has 6 rings (SSSR count). The van der Waals surface area contributed by atoms with Crippen molar-refractivity contribution in [3.63, 3.8) is 0 Å². The second-order valence-corrected chi connectivity index (χ2v) is 9.86. The summed E-state index contributed by atoms with van der Waals surface area (Å²) in [5, 5.41) is 17.3. The van der Waals surface area contributed by atoms with Crippen molar-refractivity contribution < 1.29 is 55.4 Å². The molecule has 1 fully saturated rings. The highest BCUT2D eigenvalue weighted by Crippen LogP contribution is 2.15. The first kappa shape index (κ1) is 29.9. The lowest BCUT2D eigenvalue weighted by atomic mass is 9.98. The molecule has 51 heavy (non-hydrogen) atoms. The van der Waals surface area contributed by atoms with Crippen LogP contribution in [0.1, 0.15) is 53.6 Å². The molecule has 0 spiro atoms. The molecule has 1 heterocycles. The Morgan fingerprint density at radius 3 is 1.73 bits per heavy atom. The average Bonchev–Trinajstić information content (AvgIpc) is 3.61. The molecule has 1 aliphatic heterocycles. The Hall–Kier alpha value is -4.83. The predicted molar refractivity (Wildman–Crippen MR) is 193 cm³/mol. The number of ether oxygens (including phenoxy) is 1. The summed E-state index contributed by atoms with van der Waals surface area (Å²) in [5.74, 6) is -4.98. The lowest BCUT2D eigenvalue weighted by Gasteiger charge is -1.94. The molecule has 2 N–H and O–H groups in total. The monoisotopic (exact) mass is 777 g/mol. The van der Waals surface area contributed by atoms with Crippen LogP contribution < -0.4 is 0 Å². The van der Waals surface area contributed by atoms with E-state index in [-0.39, 0.29) is 71.6 Å². The van der Waals surface area contributed by atoms with Crippen LogP contribution in [0.4, 0.5) is 27.6 Å². The molecule has 266 valence electrons. The molecule has 2 radical (unpaired) electrons. The lowest BCUT2D eigenvalue weighted by molar-refractivity contribution is 0.0692. The normalized spacial score (nSPS) is 14.9. The molecule has 5 nitrogen and oxygen atoms in total. The zero-order chi connectivity index (χ0) is 46.7. The van der Waals surface area contributed by atoms with E-state index in [9.17, 15) is 26.7 Å². The summed E-state index contributed by atoms with van der Waals surface area (Å²) in [6.45, 7) is 8.39. The number of para-hydroxylation sites is 1. The van der Waals surface area contributed by atoms with Crippen molar-refractivity contribution in [3.05, 3.63) is 184 Å². The van der Waals surface area contributed by atoms with Gasteiger partial charge in [0.15, 0.2) is 0 Å². The minimum Gasteiger partial charge on any atom is -0.478 e. The number of carboxylic acid groups (broad SMARTS) is 1. The highest BCUT2D eigenvalue weighted by Gasteiger charge is 2.07. The van der Waals surface area contributed by atoms with Crippen molar-refractivity contribution in [2.75, 3.05) is 6.61 Å². The van der Waals surface area contributed by atoms with Crippen LogP contribution in [0, 0.1) is 42.6 Å². The SMILES string of the molecule is [2H]c1cc([2H])c(C(=O)O)c(F)c1.[2H]c1cc([2H])c(C)c(F)c1.[2H]c1cc([2H])c(CBr)c(F)c1.[2H]c1cc([2H])c(CO)c(F)c1.[2H]c1cc([2H])c([N+]#[C-])c(F)c1.[B]C1CCCO1. The predicted octanol–water partition coefficient (Wildman–Crippen LogP) is 10.4. The Morgan fingerprint density at radius 2 is 1.33 bits per heavy atom. The smallest absolute Gasteiger partial charge is 0.338 e. The van der Waals surface area contributed by atoms with Crippen LogP contribution in [0.5, 0.6) is 0 Å². The van der Waals surface area contributed by atoms with Gasteiger partial charge >= 0.3 is 5.97 Å². The molecule has 1 aliphatic rings. The summed E-state index contributed by atoms with van der Waals surface area (Å²) in [7, 11) is 5.31. The zero-order valence-corrected chi connectivity index (χ0v) is 28.5. The fraction of sp³-hybridized carbons (Fsp3) is 0.179. The number of hydrogen-bond acceptors (Lipinski definition) is 3. The Kier molecular flexibility index (Phi) is 15.3. The molecule has 0 amide bonds. The van der Waals surface area contributed by atoms with Gasteiger partial charge in [-0.15, -0.1) is 0 Å². The second kappa shape index (κ2) is 26.0. The molecule has 1 atom stereocenters. The fourth-order valence-corrected chi connectivity index (χ4v) is 3.48. The topological polar surface area (TPSA) is 71.1 Å². The molecule has 5 aromatic carbocycles. The molecular formula is C39H36BBrF5NO4. The van der Waals surface area contributed by atoms with Gasteiger partial charge < -0.3 is 14.9 Å². The van der Waals surface area contributed by atoms with Gasteiger partial charge in [0.1, 0.15) is 36.9 Å². The number of rotatable bonds is 3. The molecule has 0 aliphatic carbocycles. The number of nitrogens with zero attached hydrogens (tertiary/aromatic N) is 1. The molecular weight excluding hydrogens is 732 g/mol.